The van der Waals surface area contributed by atoms with Crippen LogP contribution in [0.5, 0.6) is 0 Å². The Kier molecular flexibility index (Phi) is 6.82. The second kappa shape index (κ2) is 9.93. The van der Waals surface area contributed by atoms with Crippen LogP contribution < -0.4 is 5.32 Å². The molecule has 8 heteroatoms. The summed E-state index contributed by atoms with van der Waals surface area (Å²) in [5.41, 5.74) is 1.60. The van der Waals surface area contributed by atoms with Crippen LogP contribution in [-0.2, 0) is 23.1 Å². The van der Waals surface area contributed by atoms with E-state index in [4.69, 9.17) is 4.74 Å². The maximum absolute atomic E-state index is 12.6. The first-order chi connectivity index (χ1) is 15.5. The van der Waals surface area contributed by atoms with Crippen molar-refractivity contribution in [1.29, 1.82) is 0 Å². The fourth-order valence-electron chi connectivity index (χ4n) is 4.10. The maximum atomic E-state index is 12.6. The van der Waals surface area contributed by atoms with Gasteiger partial charge in [-0.1, -0.05) is 42.5 Å². The molecule has 168 valence electrons. The van der Waals surface area contributed by atoms with E-state index >= 15 is 0 Å². The van der Waals surface area contributed by atoms with Crippen LogP contribution in [-0.4, -0.2) is 70.8 Å². The van der Waals surface area contributed by atoms with Gasteiger partial charge in [-0.05, 0) is 23.3 Å². The molecule has 1 aliphatic heterocycles. The van der Waals surface area contributed by atoms with Gasteiger partial charge in [0.1, 0.15) is 11.4 Å². The zero-order chi connectivity index (χ0) is 22.5. The molecule has 0 saturated carbocycles. The van der Waals surface area contributed by atoms with E-state index in [1.165, 1.54) is 27.2 Å². The van der Waals surface area contributed by atoms with E-state index in [0.29, 0.717) is 5.82 Å². The molecule has 0 unspecified atom stereocenters. The number of benzene rings is 2. The van der Waals surface area contributed by atoms with Gasteiger partial charge >= 0.3 is 5.97 Å². The van der Waals surface area contributed by atoms with Gasteiger partial charge in [-0.25, -0.2) is 4.79 Å². The van der Waals surface area contributed by atoms with E-state index in [1.807, 2.05) is 0 Å². The molecule has 0 spiro atoms. The van der Waals surface area contributed by atoms with Crippen molar-refractivity contribution in [3.8, 4) is 0 Å². The normalized spacial score (nSPS) is 15.1. The Morgan fingerprint density at radius 2 is 1.75 bits per heavy atom. The summed E-state index contributed by atoms with van der Waals surface area (Å²) in [7, 11) is 1.68. The van der Waals surface area contributed by atoms with Crippen LogP contribution in [0, 0.1) is 0 Å². The molecule has 32 heavy (non-hydrogen) atoms. The van der Waals surface area contributed by atoms with Crippen molar-refractivity contribution in [1.82, 2.24) is 19.6 Å². The van der Waals surface area contributed by atoms with Crippen LogP contribution in [0.4, 0.5) is 5.82 Å². The Labute approximate surface area is 187 Å². The molecule has 1 aromatic heterocycles. The number of fused-ring (bicyclic) bond motifs is 1. The Balaban J connectivity index is 1.30. The van der Waals surface area contributed by atoms with Crippen molar-refractivity contribution in [2.75, 3.05) is 44.6 Å². The molecule has 0 aliphatic carbocycles. The van der Waals surface area contributed by atoms with E-state index in [2.05, 4.69) is 62.7 Å². The van der Waals surface area contributed by atoms with E-state index in [-0.39, 0.29) is 24.6 Å². The Morgan fingerprint density at radius 3 is 2.53 bits per heavy atom. The summed E-state index contributed by atoms with van der Waals surface area (Å²) in [5, 5.41) is 9.45. The van der Waals surface area contributed by atoms with Crippen molar-refractivity contribution in [3.05, 3.63) is 59.8 Å². The highest BCUT2D eigenvalue weighted by molar-refractivity contribution is 6.00. The third-order valence-electron chi connectivity index (χ3n) is 5.80. The molecule has 4 rings (SSSR count). The zero-order valence-electron chi connectivity index (χ0n) is 18.6. The van der Waals surface area contributed by atoms with Crippen LogP contribution >= 0.6 is 0 Å². The van der Waals surface area contributed by atoms with Crippen LogP contribution in [0.2, 0.25) is 0 Å². The van der Waals surface area contributed by atoms with Crippen molar-refractivity contribution < 1.29 is 14.3 Å². The third kappa shape index (κ3) is 4.98. The van der Waals surface area contributed by atoms with Crippen LogP contribution in [0.1, 0.15) is 22.8 Å². The minimum absolute atomic E-state index is 0.165. The largest absolute Gasteiger partial charge is 0.462 e. The molecule has 2 aromatic carbocycles. The third-order valence-corrected chi connectivity index (χ3v) is 5.80. The fraction of sp³-hybridized carbons (Fsp3) is 0.375. The molecular weight excluding hydrogens is 406 g/mol. The number of ether oxygens (including phenoxy) is 1. The van der Waals surface area contributed by atoms with E-state index < -0.39 is 5.97 Å². The molecule has 1 saturated heterocycles. The number of aryl methyl sites for hydroxylation is 1. The number of nitrogens with one attached hydrogen (secondary N) is 1. The standard InChI is InChI=1S/C24H29N5O3/c1-3-32-24(31)21-15-25-27(2)23(21)26-22(30)17-29-13-11-28(12-14-29)16-19-9-6-8-18-7-4-5-10-20(18)19/h4-10,15H,3,11-14,16-17H2,1-2H3,(H,26,30). The lowest BCUT2D eigenvalue weighted by molar-refractivity contribution is -0.117. The smallest absolute Gasteiger partial charge is 0.343 e. The second-order valence-electron chi connectivity index (χ2n) is 7.99. The summed E-state index contributed by atoms with van der Waals surface area (Å²) in [6.07, 6.45) is 1.42. The molecule has 8 nitrogen and oxygen atoms in total. The van der Waals surface area contributed by atoms with Gasteiger partial charge in [-0.3, -0.25) is 19.3 Å². The average molecular weight is 436 g/mol. The molecule has 1 aliphatic rings. The monoisotopic (exact) mass is 435 g/mol. The number of amides is 1. The summed E-state index contributed by atoms with van der Waals surface area (Å²) < 4.78 is 6.52. The first-order valence-corrected chi connectivity index (χ1v) is 11.0. The van der Waals surface area contributed by atoms with Gasteiger partial charge in [0.05, 0.1) is 19.3 Å². The topological polar surface area (TPSA) is 79.7 Å². The van der Waals surface area contributed by atoms with Gasteiger partial charge in [-0.15, -0.1) is 0 Å². The van der Waals surface area contributed by atoms with Gasteiger partial charge in [0.2, 0.25) is 5.91 Å². The molecule has 0 radical (unpaired) electrons. The number of rotatable bonds is 7. The molecular formula is C24H29N5O3. The van der Waals surface area contributed by atoms with Crippen molar-refractivity contribution in [2.24, 2.45) is 7.05 Å². The minimum atomic E-state index is -0.488. The van der Waals surface area contributed by atoms with Crippen molar-refractivity contribution in [2.45, 2.75) is 13.5 Å². The Morgan fingerprint density at radius 1 is 1.03 bits per heavy atom. The number of carbonyl (C=O) groups is 2. The van der Waals surface area contributed by atoms with E-state index in [1.54, 1.807) is 14.0 Å². The number of anilines is 1. The molecule has 1 amide bonds. The van der Waals surface area contributed by atoms with E-state index in [9.17, 15) is 9.59 Å². The van der Waals surface area contributed by atoms with Gasteiger partial charge in [-0.2, -0.15) is 5.10 Å². The number of nitrogens with zero attached hydrogens (tertiary/aromatic N) is 4. The number of hydrogen-bond acceptors (Lipinski definition) is 6. The SMILES string of the molecule is CCOC(=O)c1cnn(C)c1NC(=O)CN1CCN(Cc2cccc3ccccc23)CC1. The van der Waals surface area contributed by atoms with Crippen molar-refractivity contribution >= 4 is 28.5 Å². The lowest BCUT2D eigenvalue weighted by Gasteiger charge is -2.34. The Bertz CT molecular complexity index is 1100. The van der Waals surface area contributed by atoms with E-state index in [0.717, 1.165) is 32.7 Å². The minimum Gasteiger partial charge on any atom is -0.462 e. The summed E-state index contributed by atoms with van der Waals surface area (Å²) in [5.74, 6) is -0.289. The number of aromatic nitrogens is 2. The predicted octanol–water partition coefficient (Wildman–Crippen LogP) is 2.51. The molecule has 3 aromatic rings. The lowest BCUT2D eigenvalue weighted by atomic mass is 10.0. The van der Waals surface area contributed by atoms with Gasteiger partial charge in [0.25, 0.3) is 0 Å². The number of carbonyl (C=O) groups excluding carboxylic acids is 2. The first-order valence-electron chi connectivity index (χ1n) is 11.0. The lowest BCUT2D eigenvalue weighted by Crippen LogP contribution is -2.48. The number of esters is 1. The average Bonchev–Trinajstić information content (AvgIpc) is 3.15. The predicted molar refractivity (Wildman–Crippen MR) is 123 cm³/mol. The zero-order valence-corrected chi connectivity index (χ0v) is 18.6. The van der Waals surface area contributed by atoms with Crippen molar-refractivity contribution in [3.63, 3.8) is 0 Å². The molecule has 0 bridgehead atoms. The quantitative estimate of drug-likeness (QED) is 0.575. The molecule has 2 heterocycles. The Hall–Kier alpha value is -3.23. The molecule has 1 N–H and O–H groups in total. The summed E-state index contributed by atoms with van der Waals surface area (Å²) in [6, 6.07) is 14.9. The second-order valence-corrected chi connectivity index (χ2v) is 7.99. The fourth-order valence-corrected chi connectivity index (χ4v) is 4.10. The van der Waals surface area contributed by atoms with Crippen LogP contribution in [0.15, 0.2) is 48.7 Å². The highest BCUT2D eigenvalue weighted by atomic mass is 16.5. The highest BCUT2D eigenvalue weighted by Gasteiger charge is 2.22. The van der Waals surface area contributed by atoms with Gasteiger partial charge in [0, 0.05) is 39.8 Å². The number of hydrogen-bond donors (Lipinski definition) is 1. The molecule has 0 atom stereocenters. The summed E-state index contributed by atoms with van der Waals surface area (Å²) in [4.78, 5) is 29.3. The van der Waals surface area contributed by atoms with Gasteiger partial charge < -0.3 is 10.1 Å². The highest BCUT2D eigenvalue weighted by Crippen LogP contribution is 2.21. The first kappa shape index (κ1) is 22.0. The van der Waals surface area contributed by atoms with Crippen LogP contribution in [0.3, 0.4) is 0 Å². The molecule has 1 fully saturated rings. The maximum Gasteiger partial charge on any atom is 0.343 e. The summed E-state index contributed by atoms with van der Waals surface area (Å²) >= 11 is 0. The summed E-state index contributed by atoms with van der Waals surface area (Å²) in [6.45, 7) is 6.61. The van der Waals surface area contributed by atoms with Crippen LogP contribution in [0.25, 0.3) is 10.8 Å². The van der Waals surface area contributed by atoms with Gasteiger partial charge in [0.15, 0.2) is 0 Å². The number of piperazine rings is 1.